The van der Waals surface area contributed by atoms with Crippen LogP contribution in [0.2, 0.25) is 0 Å². The number of amides is 1. The van der Waals surface area contributed by atoms with Gasteiger partial charge in [-0.15, -0.1) is 6.58 Å². The van der Waals surface area contributed by atoms with E-state index in [1.165, 1.54) is 37.4 Å². The smallest absolute Gasteiger partial charge is 0.266 e. The van der Waals surface area contributed by atoms with Gasteiger partial charge < -0.3 is 4.57 Å². The van der Waals surface area contributed by atoms with E-state index in [9.17, 15) is 4.79 Å². The molecule has 3 nitrogen and oxygen atoms in total. The standard InChI is InChI=1S/C16H18N2OS2/c1-2-8-18-15(19)14(21-16(18)20)10-12-7-9-17(11-12)13-5-3-4-6-13/h2,7,9-11,13H,1,3-6,8H2/b14-10+. The normalized spacial score (nSPS) is 21.7. The van der Waals surface area contributed by atoms with Gasteiger partial charge in [-0.05, 0) is 30.5 Å². The van der Waals surface area contributed by atoms with E-state index in [1.807, 2.05) is 6.08 Å². The maximum absolute atomic E-state index is 12.3. The van der Waals surface area contributed by atoms with Gasteiger partial charge in [-0.2, -0.15) is 0 Å². The third-order valence-corrected chi connectivity index (χ3v) is 5.34. The van der Waals surface area contributed by atoms with E-state index >= 15 is 0 Å². The summed E-state index contributed by atoms with van der Waals surface area (Å²) >= 11 is 6.61. The zero-order valence-corrected chi connectivity index (χ0v) is 13.5. The third-order valence-electron chi connectivity index (χ3n) is 3.97. The lowest BCUT2D eigenvalue weighted by Crippen LogP contribution is -2.27. The van der Waals surface area contributed by atoms with Gasteiger partial charge in [0.05, 0.1) is 4.91 Å². The Hall–Kier alpha value is -1.33. The first-order chi connectivity index (χ1) is 10.2. The average molecular weight is 318 g/mol. The fourth-order valence-electron chi connectivity index (χ4n) is 2.88. The van der Waals surface area contributed by atoms with Crippen LogP contribution >= 0.6 is 24.0 Å². The van der Waals surface area contributed by atoms with E-state index in [1.54, 1.807) is 11.0 Å². The summed E-state index contributed by atoms with van der Waals surface area (Å²) < 4.78 is 2.89. The van der Waals surface area contributed by atoms with E-state index in [4.69, 9.17) is 12.2 Å². The molecule has 1 saturated carbocycles. The number of hydrogen-bond donors (Lipinski definition) is 0. The van der Waals surface area contributed by atoms with Crippen molar-refractivity contribution in [2.45, 2.75) is 31.7 Å². The zero-order chi connectivity index (χ0) is 14.8. The zero-order valence-electron chi connectivity index (χ0n) is 11.8. The summed E-state index contributed by atoms with van der Waals surface area (Å²) in [7, 11) is 0. The van der Waals surface area contributed by atoms with Gasteiger partial charge in [0.15, 0.2) is 0 Å². The number of carbonyl (C=O) groups excluding carboxylic acids is 1. The van der Waals surface area contributed by atoms with Crippen molar-refractivity contribution < 1.29 is 4.79 Å². The molecule has 0 bridgehead atoms. The Kier molecular flexibility index (Phi) is 4.31. The molecule has 1 aliphatic carbocycles. The SMILES string of the molecule is C=CCN1C(=O)/C(=C\c2ccn(C3CCCC3)c2)SC1=S. The fraction of sp³-hybridized carbons (Fsp3) is 0.375. The van der Waals surface area contributed by atoms with Crippen LogP contribution in [0.4, 0.5) is 0 Å². The van der Waals surface area contributed by atoms with Crippen molar-refractivity contribution in [3.8, 4) is 0 Å². The molecular formula is C16H18N2OS2. The van der Waals surface area contributed by atoms with Gasteiger partial charge in [0.25, 0.3) is 5.91 Å². The molecule has 0 atom stereocenters. The highest BCUT2D eigenvalue weighted by molar-refractivity contribution is 8.26. The molecule has 2 fully saturated rings. The summed E-state index contributed by atoms with van der Waals surface area (Å²) in [6, 6.07) is 2.70. The molecule has 0 spiro atoms. The molecule has 2 aliphatic rings. The molecule has 0 N–H and O–H groups in total. The Morgan fingerprint density at radius 3 is 2.90 bits per heavy atom. The summed E-state index contributed by atoms with van der Waals surface area (Å²) in [6.45, 7) is 4.14. The molecule has 3 rings (SSSR count). The minimum absolute atomic E-state index is 0.0153. The Bertz CT molecular complexity index is 612. The lowest BCUT2D eigenvalue weighted by atomic mass is 10.2. The highest BCUT2D eigenvalue weighted by Crippen LogP contribution is 2.33. The first-order valence-corrected chi connectivity index (χ1v) is 8.45. The van der Waals surface area contributed by atoms with Crippen LogP contribution < -0.4 is 0 Å². The molecule has 5 heteroatoms. The second-order valence-electron chi connectivity index (χ2n) is 5.41. The van der Waals surface area contributed by atoms with Crippen molar-refractivity contribution in [2.24, 2.45) is 0 Å². The number of aromatic nitrogens is 1. The molecule has 1 amide bonds. The first kappa shape index (κ1) is 14.6. The average Bonchev–Trinajstić information content (AvgIpc) is 3.17. The third kappa shape index (κ3) is 2.99. The molecule has 1 aliphatic heterocycles. The molecule has 21 heavy (non-hydrogen) atoms. The molecule has 0 radical (unpaired) electrons. The predicted molar refractivity (Wildman–Crippen MR) is 92.0 cm³/mol. The van der Waals surface area contributed by atoms with E-state index in [0.717, 1.165) is 5.56 Å². The summed E-state index contributed by atoms with van der Waals surface area (Å²) in [5, 5.41) is 0. The molecule has 1 aromatic rings. The fourth-order valence-corrected chi connectivity index (χ4v) is 4.16. The summed E-state index contributed by atoms with van der Waals surface area (Å²) in [5.74, 6) is -0.0153. The highest BCUT2D eigenvalue weighted by atomic mass is 32.2. The number of carbonyl (C=O) groups is 1. The maximum Gasteiger partial charge on any atom is 0.266 e. The highest BCUT2D eigenvalue weighted by Gasteiger charge is 2.31. The topological polar surface area (TPSA) is 25.2 Å². The maximum atomic E-state index is 12.3. The van der Waals surface area contributed by atoms with Crippen LogP contribution in [0.3, 0.4) is 0 Å². The van der Waals surface area contributed by atoms with Crippen LogP contribution in [0.15, 0.2) is 36.0 Å². The van der Waals surface area contributed by atoms with E-state index in [-0.39, 0.29) is 5.91 Å². The summed E-state index contributed by atoms with van der Waals surface area (Å²) in [5.41, 5.74) is 1.07. The van der Waals surface area contributed by atoms with E-state index < -0.39 is 0 Å². The molecule has 1 saturated heterocycles. The van der Waals surface area contributed by atoms with Gasteiger partial charge in [-0.25, -0.2) is 0 Å². The van der Waals surface area contributed by atoms with Crippen LogP contribution in [0.5, 0.6) is 0 Å². The molecular weight excluding hydrogens is 300 g/mol. The van der Waals surface area contributed by atoms with Gasteiger partial charge >= 0.3 is 0 Å². The molecule has 110 valence electrons. The Labute approximate surface area is 134 Å². The number of thioether (sulfide) groups is 1. The molecule has 0 unspecified atom stereocenters. The van der Waals surface area contributed by atoms with Crippen molar-refractivity contribution in [2.75, 3.05) is 6.54 Å². The lowest BCUT2D eigenvalue weighted by Gasteiger charge is -2.10. The predicted octanol–water partition coefficient (Wildman–Crippen LogP) is 3.99. The van der Waals surface area contributed by atoms with Gasteiger partial charge in [0.2, 0.25) is 0 Å². The van der Waals surface area contributed by atoms with Crippen LogP contribution in [-0.4, -0.2) is 26.2 Å². The van der Waals surface area contributed by atoms with Gasteiger partial charge in [-0.3, -0.25) is 9.69 Å². The molecule has 0 aromatic carbocycles. The van der Waals surface area contributed by atoms with Gasteiger partial charge in [0, 0.05) is 25.0 Å². The lowest BCUT2D eigenvalue weighted by molar-refractivity contribution is -0.121. The number of thiocarbonyl (C=S) groups is 1. The monoisotopic (exact) mass is 318 g/mol. The van der Waals surface area contributed by atoms with Crippen molar-refractivity contribution in [1.82, 2.24) is 9.47 Å². The van der Waals surface area contributed by atoms with Crippen LogP contribution in [-0.2, 0) is 4.79 Å². The van der Waals surface area contributed by atoms with Crippen molar-refractivity contribution in [3.63, 3.8) is 0 Å². The van der Waals surface area contributed by atoms with Crippen LogP contribution in [0, 0.1) is 0 Å². The van der Waals surface area contributed by atoms with E-state index in [2.05, 4.69) is 29.6 Å². The number of nitrogens with zero attached hydrogens (tertiary/aromatic N) is 2. The number of hydrogen-bond acceptors (Lipinski definition) is 3. The first-order valence-electron chi connectivity index (χ1n) is 7.23. The summed E-state index contributed by atoms with van der Waals surface area (Å²) in [6.07, 6.45) is 13.0. The summed E-state index contributed by atoms with van der Waals surface area (Å²) in [4.78, 5) is 14.6. The van der Waals surface area contributed by atoms with Crippen LogP contribution in [0.25, 0.3) is 6.08 Å². The largest absolute Gasteiger partial charge is 0.351 e. The van der Waals surface area contributed by atoms with E-state index in [0.29, 0.717) is 21.8 Å². The van der Waals surface area contributed by atoms with Crippen molar-refractivity contribution in [3.05, 3.63) is 41.6 Å². The Morgan fingerprint density at radius 1 is 1.43 bits per heavy atom. The Balaban J connectivity index is 1.77. The van der Waals surface area contributed by atoms with Crippen LogP contribution in [0.1, 0.15) is 37.3 Å². The van der Waals surface area contributed by atoms with Gasteiger partial charge in [-0.1, -0.05) is 42.9 Å². The Morgan fingerprint density at radius 2 is 2.19 bits per heavy atom. The quantitative estimate of drug-likeness (QED) is 0.477. The minimum atomic E-state index is -0.0153. The molecule has 2 heterocycles. The number of rotatable bonds is 4. The second-order valence-corrected chi connectivity index (χ2v) is 7.09. The van der Waals surface area contributed by atoms with Crippen molar-refractivity contribution >= 4 is 40.3 Å². The minimum Gasteiger partial charge on any atom is -0.351 e. The van der Waals surface area contributed by atoms with Gasteiger partial charge in [0.1, 0.15) is 4.32 Å². The van der Waals surface area contributed by atoms with Crippen molar-refractivity contribution in [1.29, 1.82) is 0 Å². The second kappa shape index (κ2) is 6.20. The molecule has 1 aromatic heterocycles.